The van der Waals surface area contributed by atoms with Gasteiger partial charge in [-0.25, -0.2) is 4.98 Å². The number of halogens is 1. The van der Waals surface area contributed by atoms with Gasteiger partial charge in [-0.2, -0.15) is 0 Å². The van der Waals surface area contributed by atoms with Gasteiger partial charge in [0.25, 0.3) is 0 Å². The summed E-state index contributed by atoms with van der Waals surface area (Å²) in [5.41, 5.74) is 4.54. The van der Waals surface area contributed by atoms with Gasteiger partial charge < -0.3 is 5.32 Å². The average Bonchev–Trinajstić information content (AvgIpc) is 2.28. The van der Waals surface area contributed by atoms with Crippen molar-refractivity contribution in [3.8, 4) is 0 Å². The Morgan fingerprint density at radius 3 is 2.35 bits per heavy atom. The van der Waals surface area contributed by atoms with E-state index in [9.17, 15) is 0 Å². The summed E-state index contributed by atoms with van der Waals surface area (Å²) in [6.07, 6.45) is 0. The highest BCUT2D eigenvalue weighted by Crippen LogP contribution is 2.22. The number of aryl methyl sites for hydroxylation is 2. The van der Waals surface area contributed by atoms with E-state index in [0.717, 1.165) is 21.7 Å². The summed E-state index contributed by atoms with van der Waals surface area (Å²) in [4.78, 5) is 4.53. The molecule has 1 N–H and O–H groups in total. The van der Waals surface area contributed by atoms with Gasteiger partial charge in [-0.05, 0) is 62.2 Å². The number of rotatable bonds is 2. The Kier molecular flexibility index (Phi) is 3.48. The number of hydrogen-bond acceptors (Lipinski definition) is 2. The maximum Gasteiger partial charge on any atom is 0.133 e. The Labute approximate surface area is 110 Å². The van der Waals surface area contributed by atoms with Crippen molar-refractivity contribution < 1.29 is 0 Å². The second-order valence-electron chi connectivity index (χ2n) is 4.19. The normalized spacial score (nSPS) is 10.4. The third kappa shape index (κ3) is 2.86. The first kappa shape index (κ1) is 12.1. The summed E-state index contributed by atoms with van der Waals surface area (Å²) in [5, 5.41) is 3.35. The molecule has 1 heterocycles. The molecule has 0 radical (unpaired) electrons. The molecule has 0 amide bonds. The molecule has 3 heteroatoms. The summed E-state index contributed by atoms with van der Waals surface area (Å²) in [7, 11) is 0. The van der Waals surface area contributed by atoms with Crippen molar-refractivity contribution in [2.45, 2.75) is 20.8 Å². The first-order valence-electron chi connectivity index (χ1n) is 5.53. The monoisotopic (exact) mass is 290 g/mol. The van der Waals surface area contributed by atoms with Crippen molar-refractivity contribution in [1.82, 2.24) is 4.98 Å². The van der Waals surface area contributed by atoms with E-state index in [4.69, 9.17) is 0 Å². The second-order valence-corrected chi connectivity index (χ2v) is 5.10. The highest BCUT2D eigenvalue weighted by atomic mass is 79.9. The van der Waals surface area contributed by atoms with E-state index in [1.165, 1.54) is 11.1 Å². The number of pyridine rings is 1. The molecule has 0 aliphatic carbocycles. The third-order valence-corrected chi connectivity index (χ3v) is 3.30. The van der Waals surface area contributed by atoms with Crippen LogP contribution in [0.1, 0.15) is 16.8 Å². The Morgan fingerprint density at radius 1 is 1.06 bits per heavy atom. The van der Waals surface area contributed by atoms with Gasteiger partial charge in [0.1, 0.15) is 5.82 Å². The zero-order chi connectivity index (χ0) is 12.4. The molecule has 2 rings (SSSR count). The first-order valence-corrected chi connectivity index (χ1v) is 6.33. The van der Waals surface area contributed by atoms with Crippen molar-refractivity contribution in [2.24, 2.45) is 0 Å². The molecule has 1 aromatic heterocycles. The smallest absolute Gasteiger partial charge is 0.133 e. The first-order chi connectivity index (χ1) is 8.06. The quantitative estimate of drug-likeness (QED) is 0.880. The lowest BCUT2D eigenvalue weighted by molar-refractivity contribution is 1.14. The molecule has 0 fully saturated rings. The summed E-state index contributed by atoms with van der Waals surface area (Å²) >= 11 is 3.43. The number of benzene rings is 1. The van der Waals surface area contributed by atoms with Crippen molar-refractivity contribution >= 4 is 27.4 Å². The number of nitrogens with zero attached hydrogens (tertiary/aromatic N) is 1. The van der Waals surface area contributed by atoms with Crippen LogP contribution in [-0.4, -0.2) is 4.98 Å². The minimum Gasteiger partial charge on any atom is -0.340 e. The van der Waals surface area contributed by atoms with Gasteiger partial charge >= 0.3 is 0 Å². The lowest BCUT2D eigenvalue weighted by atomic mass is 10.1. The molecule has 88 valence electrons. The highest BCUT2D eigenvalue weighted by Gasteiger charge is 2.04. The molecular formula is C14H15BrN2. The maximum absolute atomic E-state index is 4.53. The predicted molar refractivity (Wildman–Crippen MR) is 75.9 cm³/mol. The van der Waals surface area contributed by atoms with Crippen LogP contribution in [0.5, 0.6) is 0 Å². The van der Waals surface area contributed by atoms with E-state index < -0.39 is 0 Å². The van der Waals surface area contributed by atoms with Gasteiger partial charge in [-0.15, -0.1) is 0 Å². The second kappa shape index (κ2) is 4.88. The summed E-state index contributed by atoms with van der Waals surface area (Å²) in [6, 6.07) is 10.2. The fraction of sp³-hybridized carbons (Fsp3) is 0.214. The molecule has 0 atom stereocenters. The van der Waals surface area contributed by atoms with Crippen LogP contribution in [0.3, 0.4) is 0 Å². The Hall–Kier alpha value is -1.35. The van der Waals surface area contributed by atoms with Crippen LogP contribution in [0.25, 0.3) is 0 Å². The van der Waals surface area contributed by atoms with Crippen molar-refractivity contribution in [3.63, 3.8) is 0 Å². The van der Waals surface area contributed by atoms with Crippen LogP contribution < -0.4 is 5.32 Å². The lowest BCUT2D eigenvalue weighted by Crippen LogP contribution is -1.99. The molecule has 2 nitrogen and oxygen atoms in total. The average molecular weight is 291 g/mol. The molecule has 0 unspecified atom stereocenters. The third-order valence-electron chi connectivity index (χ3n) is 2.77. The molecule has 0 saturated carbocycles. The highest BCUT2D eigenvalue weighted by molar-refractivity contribution is 9.10. The van der Waals surface area contributed by atoms with Gasteiger partial charge in [0, 0.05) is 15.9 Å². The molecular weight excluding hydrogens is 276 g/mol. The molecule has 0 aliphatic heterocycles. The fourth-order valence-corrected chi connectivity index (χ4v) is 1.96. The summed E-state index contributed by atoms with van der Waals surface area (Å²) in [5.74, 6) is 0.935. The molecule has 0 saturated heterocycles. The van der Waals surface area contributed by atoms with E-state index in [1.54, 1.807) is 0 Å². The van der Waals surface area contributed by atoms with Gasteiger partial charge in [-0.3, -0.25) is 0 Å². The molecule has 2 aromatic rings. The van der Waals surface area contributed by atoms with E-state index in [-0.39, 0.29) is 0 Å². The zero-order valence-electron chi connectivity index (χ0n) is 10.2. The molecule has 0 bridgehead atoms. The van der Waals surface area contributed by atoms with Crippen molar-refractivity contribution in [2.75, 3.05) is 5.32 Å². The number of hydrogen-bond donors (Lipinski definition) is 1. The largest absolute Gasteiger partial charge is 0.340 e. The number of aromatic nitrogens is 1. The van der Waals surface area contributed by atoms with E-state index in [1.807, 2.05) is 31.2 Å². The standard InChI is InChI=1S/C14H15BrN2/c1-9-8-10(2)16-14(11(9)3)17-13-6-4-12(15)5-7-13/h4-8H,1-3H3,(H,16,17). The van der Waals surface area contributed by atoms with Crippen molar-refractivity contribution in [3.05, 3.63) is 51.6 Å². The fourth-order valence-electron chi connectivity index (χ4n) is 1.69. The minimum atomic E-state index is 0.935. The van der Waals surface area contributed by atoms with Crippen LogP contribution in [0.2, 0.25) is 0 Å². The number of nitrogens with one attached hydrogen (secondary N) is 1. The Morgan fingerprint density at radius 2 is 1.71 bits per heavy atom. The van der Waals surface area contributed by atoms with Gasteiger partial charge in [0.15, 0.2) is 0 Å². The summed E-state index contributed by atoms with van der Waals surface area (Å²) in [6.45, 7) is 6.21. The topological polar surface area (TPSA) is 24.9 Å². The van der Waals surface area contributed by atoms with Gasteiger partial charge in [0.05, 0.1) is 0 Å². The van der Waals surface area contributed by atoms with Crippen LogP contribution in [-0.2, 0) is 0 Å². The zero-order valence-corrected chi connectivity index (χ0v) is 11.8. The summed E-state index contributed by atoms with van der Waals surface area (Å²) < 4.78 is 1.08. The lowest BCUT2D eigenvalue weighted by Gasteiger charge is -2.11. The Bertz CT molecular complexity index is 533. The molecule has 1 aromatic carbocycles. The number of anilines is 2. The SMILES string of the molecule is Cc1cc(C)c(C)c(Nc2ccc(Br)cc2)n1. The van der Waals surface area contributed by atoms with Crippen LogP contribution in [0.4, 0.5) is 11.5 Å². The van der Waals surface area contributed by atoms with E-state index in [0.29, 0.717) is 0 Å². The van der Waals surface area contributed by atoms with Crippen LogP contribution >= 0.6 is 15.9 Å². The molecule has 0 spiro atoms. The van der Waals surface area contributed by atoms with Crippen LogP contribution in [0, 0.1) is 20.8 Å². The molecule has 17 heavy (non-hydrogen) atoms. The minimum absolute atomic E-state index is 0.935. The van der Waals surface area contributed by atoms with E-state index >= 15 is 0 Å². The molecule has 0 aliphatic rings. The predicted octanol–water partition coefficient (Wildman–Crippen LogP) is 4.51. The van der Waals surface area contributed by atoms with E-state index in [2.05, 4.69) is 46.1 Å². The van der Waals surface area contributed by atoms with Gasteiger partial charge in [0.2, 0.25) is 0 Å². The van der Waals surface area contributed by atoms with Gasteiger partial charge in [-0.1, -0.05) is 15.9 Å². The van der Waals surface area contributed by atoms with Crippen molar-refractivity contribution in [1.29, 1.82) is 0 Å². The van der Waals surface area contributed by atoms with Crippen LogP contribution in [0.15, 0.2) is 34.8 Å². The maximum atomic E-state index is 4.53. The Balaban J connectivity index is 2.32.